The smallest absolute Gasteiger partial charge is 0.315 e. The van der Waals surface area contributed by atoms with E-state index in [1.165, 1.54) is 10.6 Å². The quantitative estimate of drug-likeness (QED) is 0.767. The summed E-state index contributed by atoms with van der Waals surface area (Å²) in [7, 11) is -3.35. The van der Waals surface area contributed by atoms with Crippen molar-refractivity contribution in [3.05, 3.63) is 24.2 Å². The topological polar surface area (TPSA) is 91.7 Å². The molecule has 1 aliphatic rings. The molecule has 1 aromatic rings. The van der Waals surface area contributed by atoms with E-state index in [-0.39, 0.29) is 31.7 Å². The number of carbonyl (C=O) groups is 1. The van der Waals surface area contributed by atoms with E-state index in [1.54, 1.807) is 12.1 Å². The van der Waals surface area contributed by atoms with Crippen LogP contribution in [0.3, 0.4) is 0 Å². The Morgan fingerprint density at radius 3 is 2.80 bits per heavy atom. The molecular formula is C12H19N3O4S. The van der Waals surface area contributed by atoms with Gasteiger partial charge in [-0.25, -0.2) is 13.2 Å². The second kappa shape index (κ2) is 6.27. The molecule has 2 rings (SSSR count). The first-order valence-electron chi connectivity index (χ1n) is 6.47. The second-order valence-corrected chi connectivity index (χ2v) is 6.83. The number of furan rings is 1. The van der Waals surface area contributed by atoms with E-state index in [1.807, 2.05) is 0 Å². The third kappa shape index (κ3) is 4.86. The molecule has 7 nitrogen and oxygen atoms in total. The van der Waals surface area contributed by atoms with Gasteiger partial charge in [-0.05, 0) is 25.0 Å². The van der Waals surface area contributed by atoms with Crippen LogP contribution in [0.1, 0.15) is 18.6 Å². The lowest BCUT2D eigenvalue weighted by atomic mass is 10.4. The monoisotopic (exact) mass is 301 g/mol. The largest absolute Gasteiger partial charge is 0.468 e. The van der Waals surface area contributed by atoms with Gasteiger partial charge in [0.25, 0.3) is 0 Å². The van der Waals surface area contributed by atoms with Crippen molar-refractivity contribution in [3.8, 4) is 0 Å². The molecule has 1 aliphatic carbocycles. The molecule has 0 aromatic carbocycles. The molecule has 20 heavy (non-hydrogen) atoms. The molecule has 8 heteroatoms. The maximum absolute atomic E-state index is 11.7. The summed E-state index contributed by atoms with van der Waals surface area (Å²) in [6.45, 7) is 0.627. The summed E-state index contributed by atoms with van der Waals surface area (Å²) >= 11 is 0. The molecule has 0 saturated heterocycles. The summed E-state index contributed by atoms with van der Waals surface area (Å²) in [6, 6.07) is 3.45. The average Bonchev–Trinajstić information content (AvgIpc) is 3.01. The molecule has 1 aromatic heterocycles. The maximum atomic E-state index is 11.7. The minimum Gasteiger partial charge on any atom is -0.468 e. The van der Waals surface area contributed by atoms with Crippen molar-refractivity contribution in [2.45, 2.75) is 25.4 Å². The number of hydrogen-bond acceptors (Lipinski definition) is 4. The predicted molar refractivity (Wildman–Crippen MR) is 73.5 cm³/mol. The lowest BCUT2D eigenvalue weighted by molar-refractivity contribution is 0.239. The number of hydrogen-bond donors (Lipinski definition) is 2. The number of nitrogens with one attached hydrogen (secondary N) is 2. The molecule has 1 fully saturated rings. The van der Waals surface area contributed by atoms with Gasteiger partial charge in [0.15, 0.2) is 0 Å². The summed E-state index contributed by atoms with van der Waals surface area (Å²) < 4.78 is 29.8. The zero-order valence-corrected chi connectivity index (χ0v) is 12.1. The van der Waals surface area contributed by atoms with Crippen molar-refractivity contribution in [2.24, 2.45) is 0 Å². The molecule has 2 N–H and O–H groups in total. The number of amides is 2. The van der Waals surface area contributed by atoms with Crippen LogP contribution >= 0.6 is 0 Å². The van der Waals surface area contributed by atoms with Crippen molar-refractivity contribution in [1.82, 2.24) is 14.9 Å². The normalized spacial score (nSPS) is 15.3. The summed E-state index contributed by atoms with van der Waals surface area (Å²) in [4.78, 5) is 11.4. The Balaban J connectivity index is 1.80. The molecule has 0 radical (unpaired) electrons. The van der Waals surface area contributed by atoms with Crippen LogP contribution in [0.5, 0.6) is 0 Å². The molecule has 1 saturated carbocycles. The van der Waals surface area contributed by atoms with Crippen molar-refractivity contribution in [1.29, 1.82) is 0 Å². The van der Waals surface area contributed by atoms with E-state index in [0.717, 1.165) is 19.1 Å². The van der Waals surface area contributed by atoms with Gasteiger partial charge in [-0.3, -0.25) is 0 Å². The van der Waals surface area contributed by atoms with Crippen LogP contribution in [0.25, 0.3) is 0 Å². The highest BCUT2D eigenvalue weighted by molar-refractivity contribution is 7.88. The summed E-state index contributed by atoms with van der Waals surface area (Å²) in [5.74, 6) is 0.567. The van der Waals surface area contributed by atoms with Crippen molar-refractivity contribution in [2.75, 3.05) is 19.3 Å². The molecule has 0 aliphatic heterocycles. The van der Waals surface area contributed by atoms with Gasteiger partial charge in [-0.15, -0.1) is 0 Å². The third-order valence-electron chi connectivity index (χ3n) is 2.94. The molecule has 0 spiro atoms. The molecule has 112 valence electrons. The van der Waals surface area contributed by atoms with Gasteiger partial charge < -0.3 is 15.1 Å². The van der Waals surface area contributed by atoms with Gasteiger partial charge in [0, 0.05) is 19.1 Å². The van der Waals surface area contributed by atoms with E-state index >= 15 is 0 Å². The van der Waals surface area contributed by atoms with E-state index in [2.05, 4.69) is 10.6 Å². The van der Waals surface area contributed by atoms with Crippen LogP contribution in [0, 0.1) is 0 Å². The average molecular weight is 301 g/mol. The highest BCUT2D eigenvalue weighted by Gasteiger charge is 2.23. The highest BCUT2D eigenvalue weighted by Crippen LogP contribution is 2.18. The molecule has 0 atom stereocenters. The molecular weight excluding hydrogens is 282 g/mol. The minimum absolute atomic E-state index is 0.164. The first-order valence-corrected chi connectivity index (χ1v) is 8.32. The third-order valence-corrected chi connectivity index (χ3v) is 4.19. The van der Waals surface area contributed by atoms with Gasteiger partial charge in [0.1, 0.15) is 5.76 Å². The number of carbonyl (C=O) groups excluding carboxylic acids is 1. The first-order chi connectivity index (χ1) is 9.45. The predicted octanol–water partition coefficient (Wildman–Crippen LogP) is 0.503. The highest BCUT2D eigenvalue weighted by atomic mass is 32.2. The van der Waals surface area contributed by atoms with Crippen LogP contribution in [-0.4, -0.2) is 44.1 Å². The summed E-state index contributed by atoms with van der Waals surface area (Å²) in [6.07, 6.45) is 4.67. The Hall–Kier alpha value is -1.54. The minimum atomic E-state index is -3.35. The van der Waals surface area contributed by atoms with Crippen LogP contribution in [0.2, 0.25) is 0 Å². The Labute approximate surface area is 118 Å². The van der Waals surface area contributed by atoms with Gasteiger partial charge in [0.2, 0.25) is 10.0 Å². The van der Waals surface area contributed by atoms with E-state index < -0.39 is 10.0 Å². The number of sulfonamides is 1. The fraction of sp³-hybridized carbons (Fsp3) is 0.583. The van der Waals surface area contributed by atoms with Crippen molar-refractivity contribution >= 4 is 16.1 Å². The first kappa shape index (κ1) is 14.9. The number of nitrogens with zero attached hydrogens (tertiary/aromatic N) is 1. The maximum Gasteiger partial charge on any atom is 0.315 e. The van der Waals surface area contributed by atoms with Crippen LogP contribution in [-0.2, 0) is 16.6 Å². The standard InChI is InChI=1S/C12H19N3O4S/c1-20(17,18)15(9-11-3-2-8-19-11)7-6-13-12(16)14-10-4-5-10/h2-3,8,10H,4-7,9H2,1H3,(H2,13,14,16). The fourth-order valence-corrected chi connectivity index (χ4v) is 2.48. The number of rotatable bonds is 7. The zero-order chi connectivity index (χ0) is 14.6. The van der Waals surface area contributed by atoms with Gasteiger partial charge >= 0.3 is 6.03 Å². The van der Waals surface area contributed by atoms with Crippen LogP contribution in [0.4, 0.5) is 4.79 Å². The molecule has 0 bridgehead atoms. The molecule has 1 heterocycles. The Morgan fingerprint density at radius 1 is 1.50 bits per heavy atom. The number of urea groups is 1. The van der Waals surface area contributed by atoms with Crippen LogP contribution < -0.4 is 10.6 Å². The lowest BCUT2D eigenvalue weighted by Crippen LogP contribution is -2.42. The Morgan fingerprint density at radius 2 is 2.25 bits per heavy atom. The second-order valence-electron chi connectivity index (χ2n) is 4.85. The van der Waals surface area contributed by atoms with E-state index in [0.29, 0.717) is 5.76 Å². The van der Waals surface area contributed by atoms with Gasteiger partial charge in [-0.2, -0.15) is 4.31 Å². The molecule has 2 amide bonds. The summed E-state index contributed by atoms with van der Waals surface area (Å²) in [5, 5.41) is 5.42. The Bertz CT molecular complexity index is 537. The lowest BCUT2D eigenvalue weighted by Gasteiger charge is -2.19. The zero-order valence-electron chi connectivity index (χ0n) is 11.3. The van der Waals surface area contributed by atoms with Crippen LogP contribution in [0.15, 0.2) is 22.8 Å². The van der Waals surface area contributed by atoms with Gasteiger partial charge in [-0.1, -0.05) is 0 Å². The van der Waals surface area contributed by atoms with Crippen molar-refractivity contribution in [3.63, 3.8) is 0 Å². The van der Waals surface area contributed by atoms with E-state index in [9.17, 15) is 13.2 Å². The van der Waals surface area contributed by atoms with Crippen molar-refractivity contribution < 1.29 is 17.6 Å². The summed E-state index contributed by atoms with van der Waals surface area (Å²) in [5.41, 5.74) is 0. The van der Waals surface area contributed by atoms with Gasteiger partial charge in [0.05, 0.1) is 19.1 Å². The SMILES string of the molecule is CS(=O)(=O)N(CCNC(=O)NC1CC1)Cc1ccco1. The van der Waals surface area contributed by atoms with E-state index in [4.69, 9.17) is 4.42 Å². The Kier molecular flexibility index (Phi) is 4.66. The molecule has 0 unspecified atom stereocenters. The fourth-order valence-electron chi connectivity index (χ4n) is 1.70.